The van der Waals surface area contributed by atoms with Gasteiger partial charge in [0, 0.05) is 0 Å². The molecule has 0 aliphatic heterocycles. The highest BCUT2D eigenvalue weighted by Crippen LogP contribution is 2.03. The zero-order valence-corrected chi connectivity index (χ0v) is 8.44. The minimum Gasteiger partial charge on any atom is -0.145 e. The minimum absolute atomic E-state index is 0.710. The zero-order valence-electron chi connectivity index (χ0n) is 5.77. The largest absolute Gasteiger partial charge is 0.259 e. The first-order valence-corrected chi connectivity index (χ1v) is 7.23. The molecule has 0 bridgehead atoms. The van der Waals surface area contributed by atoms with Crippen LogP contribution in [0, 0.1) is 5.92 Å². The fourth-order valence-electron chi connectivity index (χ4n) is 0.454. The van der Waals surface area contributed by atoms with Gasteiger partial charge in [0.2, 0.25) is 0 Å². The smallest absolute Gasteiger partial charge is 0.145 e. The molecule has 0 heterocycles. The van der Waals surface area contributed by atoms with Crippen LogP contribution in [0.5, 0.6) is 0 Å². The van der Waals surface area contributed by atoms with Gasteiger partial charge in [-0.2, -0.15) is 0 Å². The van der Waals surface area contributed by atoms with Gasteiger partial charge in [-0.15, -0.1) is 22.2 Å². The summed E-state index contributed by atoms with van der Waals surface area (Å²) in [7, 11) is -1.47. The number of allylic oxidation sites excluding steroid dienone is 1. The van der Waals surface area contributed by atoms with Crippen molar-refractivity contribution in [2.45, 2.75) is 20.3 Å². The highest BCUT2D eigenvalue weighted by molar-refractivity contribution is 7.36. The Labute approximate surface area is 67.9 Å². The second-order valence-electron chi connectivity index (χ2n) is 2.39. The van der Waals surface area contributed by atoms with E-state index in [1.807, 2.05) is 5.70 Å². The molecule has 0 nitrogen and oxygen atoms in total. The summed E-state index contributed by atoms with van der Waals surface area (Å²) in [5.74, 6) is 0.710. The predicted octanol–water partition coefficient (Wildman–Crippen LogP) is 2.83. The van der Waals surface area contributed by atoms with Crippen molar-refractivity contribution in [2.75, 3.05) is 0 Å². The van der Waals surface area contributed by atoms with E-state index in [4.69, 9.17) is 22.2 Å². The van der Waals surface area contributed by atoms with E-state index in [1.165, 1.54) is 0 Å². The molecule has 0 rings (SSSR count). The normalized spacial score (nSPS) is 12.2. The van der Waals surface area contributed by atoms with Gasteiger partial charge < -0.3 is 0 Å². The van der Waals surface area contributed by atoms with Crippen molar-refractivity contribution in [2.24, 2.45) is 5.92 Å². The van der Waals surface area contributed by atoms with Crippen LogP contribution in [0.4, 0.5) is 0 Å². The van der Waals surface area contributed by atoms with E-state index in [0.29, 0.717) is 5.92 Å². The summed E-state index contributed by atoms with van der Waals surface area (Å²) in [4.78, 5) is 0. The number of hydrogen-bond acceptors (Lipinski definition) is 0. The Balaban J connectivity index is 3.25. The Morgan fingerprint density at radius 3 is 2.33 bits per heavy atom. The molecular weight excluding hydrogens is 171 g/mol. The molecule has 0 radical (unpaired) electrons. The van der Waals surface area contributed by atoms with Crippen LogP contribution in [0.1, 0.15) is 20.3 Å². The molecule has 0 fully saturated rings. The van der Waals surface area contributed by atoms with E-state index >= 15 is 0 Å². The lowest BCUT2D eigenvalue weighted by molar-refractivity contribution is 0.664. The standard InChI is InChI=1S/C6H12Cl2Si/c1-6(2)4-3-5-9(7)8/h3,5-6,9H,4H2,1-2H3. The van der Waals surface area contributed by atoms with Crippen molar-refractivity contribution in [3.05, 3.63) is 11.8 Å². The van der Waals surface area contributed by atoms with Crippen LogP contribution in [0.2, 0.25) is 0 Å². The van der Waals surface area contributed by atoms with E-state index in [0.717, 1.165) is 6.42 Å². The molecule has 0 amide bonds. The zero-order chi connectivity index (χ0) is 7.28. The van der Waals surface area contributed by atoms with Crippen molar-refractivity contribution in [3.63, 3.8) is 0 Å². The molecule has 9 heavy (non-hydrogen) atoms. The predicted molar refractivity (Wildman–Crippen MR) is 47.5 cm³/mol. The summed E-state index contributed by atoms with van der Waals surface area (Å²) < 4.78 is 0. The highest BCUT2D eigenvalue weighted by atomic mass is 35.7. The van der Waals surface area contributed by atoms with Gasteiger partial charge in [0.1, 0.15) is 0 Å². The molecule has 0 aliphatic carbocycles. The Morgan fingerprint density at radius 1 is 1.44 bits per heavy atom. The molecule has 0 unspecified atom stereocenters. The average Bonchev–Trinajstić information content (AvgIpc) is 1.63. The number of hydrogen-bond donors (Lipinski definition) is 0. The highest BCUT2D eigenvalue weighted by Gasteiger charge is 1.93. The monoisotopic (exact) mass is 182 g/mol. The Morgan fingerprint density at radius 2 is 2.00 bits per heavy atom. The van der Waals surface area contributed by atoms with Crippen LogP contribution in [-0.2, 0) is 0 Å². The van der Waals surface area contributed by atoms with Crippen LogP contribution in [0.3, 0.4) is 0 Å². The minimum atomic E-state index is -1.47. The van der Waals surface area contributed by atoms with E-state index in [1.54, 1.807) is 0 Å². The molecule has 0 aromatic carbocycles. The fraction of sp³-hybridized carbons (Fsp3) is 0.667. The third-order valence-corrected chi connectivity index (χ3v) is 2.33. The average molecular weight is 183 g/mol. The maximum atomic E-state index is 5.58. The van der Waals surface area contributed by atoms with Gasteiger partial charge in [-0.05, 0) is 12.3 Å². The third-order valence-electron chi connectivity index (χ3n) is 0.889. The second-order valence-corrected chi connectivity index (χ2v) is 6.94. The van der Waals surface area contributed by atoms with Crippen LogP contribution in [0.25, 0.3) is 0 Å². The number of rotatable bonds is 3. The van der Waals surface area contributed by atoms with Crippen molar-refractivity contribution < 1.29 is 0 Å². The van der Waals surface area contributed by atoms with Crippen molar-refractivity contribution in [1.82, 2.24) is 0 Å². The molecule has 0 aromatic heterocycles. The second kappa shape index (κ2) is 5.33. The van der Waals surface area contributed by atoms with Gasteiger partial charge >= 0.3 is 0 Å². The summed E-state index contributed by atoms with van der Waals surface area (Å²) >= 11 is 11.2. The van der Waals surface area contributed by atoms with E-state index < -0.39 is 7.42 Å². The van der Waals surface area contributed by atoms with Gasteiger partial charge in [-0.25, -0.2) is 0 Å². The fourth-order valence-corrected chi connectivity index (χ4v) is 1.43. The van der Waals surface area contributed by atoms with Crippen LogP contribution >= 0.6 is 22.2 Å². The molecule has 0 atom stereocenters. The van der Waals surface area contributed by atoms with E-state index in [-0.39, 0.29) is 0 Å². The van der Waals surface area contributed by atoms with Crippen molar-refractivity contribution >= 4 is 29.6 Å². The van der Waals surface area contributed by atoms with Crippen LogP contribution < -0.4 is 0 Å². The number of halogens is 2. The lowest BCUT2D eigenvalue weighted by Crippen LogP contribution is -1.86. The molecule has 0 N–H and O–H groups in total. The lowest BCUT2D eigenvalue weighted by Gasteiger charge is -1.95. The molecule has 54 valence electrons. The van der Waals surface area contributed by atoms with Crippen molar-refractivity contribution in [1.29, 1.82) is 0 Å². The van der Waals surface area contributed by atoms with Gasteiger partial charge in [-0.3, -0.25) is 0 Å². The summed E-state index contributed by atoms with van der Waals surface area (Å²) in [6.45, 7) is 4.34. The first-order chi connectivity index (χ1) is 4.13. The Kier molecular flexibility index (Phi) is 5.65. The molecule has 0 aromatic rings. The molecule has 0 spiro atoms. The Bertz CT molecular complexity index is 89.1. The maximum absolute atomic E-state index is 5.58. The SMILES string of the molecule is CC(C)CC=C[SiH](Cl)Cl. The first-order valence-electron chi connectivity index (χ1n) is 3.07. The van der Waals surface area contributed by atoms with Gasteiger partial charge in [0.25, 0.3) is 7.42 Å². The van der Waals surface area contributed by atoms with E-state index in [9.17, 15) is 0 Å². The topological polar surface area (TPSA) is 0 Å². The van der Waals surface area contributed by atoms with Crippen LogP contribution in [0.15, 0.2) is 11.8 Å². The molecule has 0 saturated heterocycles. The summed E-state index contributed by atoms with van der Waals surface area (Å²) in [5, 5.41) is 0. The lowest BCUT2D eigenvalue weighted by atomic mass is 10.1. The van der Waals surface area contributed by atoms with Crippen LogP contribution in [-0.4, -0.2) is 7.42 Å². The third kappa shape index (κ3) is 8.54. The quantitative estimate of drug-likeness (QED) is 0.466. The molecular formula is C6H12Cl2Si. The van der Waals surface area contributed by atoms with Gasteiger partial charge in [0.15, 0.2) is 0 Å². The summed E-state index contributed by atoms with van der Waals surface area (Å²) in [6, 6.07) is 0. The first kappa shape index (κ1) is 9.54. The van der Waals surface area contributed by atoms with Crippen molar-refractivity contribution in [3.8, 4) is 0 Å². The summed E-state index contributed by atoms with van der Waals surface area (Å²) in [6.07, 6.45) is 3.16. The van der Waals surface area contributed by atoms with E-state index in [2.05, 4.69) is 19.9 Å². The molecule has 0 aliphatic rings. The van der Waals surface area contributed by atoms with Gasteiger partial charge in [0.05, 0.1) is 0 Å². The summed E-state index contributed by atoms with van der Waals surface area (Å²) in [5.41, 5.74) is 1.93. The molecule has 0 saturated carbocycles. The molecule has 3 heteroatoms. The maximum Gasteiger partial charge on any atom is 0.259 e. The Hall–Kier alpha value is 0.537. The van der Waals surface area contributed by atoms with Gasteiger partial charge in [-0.1, -0.05) is 25.6 Å².